The molecule has 18 heavy (non-hydrogen) atoms. The van der Waals surface area contributed by atoms with Gasteiger partial charge in [0.05, 0.1) is 6.04 Å². The molecule has 3 unspecified atom stereocenters. The quantitative estimate of drug-likeness (QED) is 0.637. The number of hydrazine groups is 1. The van der Waals surface area contributed by atoms with Crippen LogP contribution in [-0.4, -0.2) is 0 Å². The molecule has 3 nitrogen and oxygen atoms in total. The first kappa shape index (κ1) is 13.6. The van der Waals surface area contributed by atoms with Crippen LogP contribution in [0.4, 0.5) is 0 Å². The zero-order chi connectivity index (χ0) is 13.3. The Kier molecular flexibility index (Phi) is 4.13. The predicted molar refractivity (Wildman–Crippen MR) is 74.1 cm³/mol. The fourth-order valence-corrected chi connectivity index (χ4v) is 3.51. The monoisotopic (exact) mass is 250 g/mol. The van der Waals surface area contributed by atoms with Gasteiger partial charge in [0.2, 0.25) is 0 Å². The molecule has 0 aromatic carbocycles. The Balaban J connectivity index is 2.27. The van der Waals surface area contributed by atoms with Crippen molar-refractivity contribution in [3.8, 4) is 0 Å². The number of hydrogen-bond acceptors (Lipinski definition) is 3. The zero-order valence-corrected chi connectivity index (χ0v) is 12.0. The largest absolute Gasteiger partial charge is 0.466 e. The molecule has 0 spiro atoms. The summed E-state index contributed by atoms with van der Waals surface area (Å²) in [6.07, 6.45) is 5.20. The van der Waals surface area contributed by atoms with E-state index in [-0.39, 0.29) is 6.04 Å². The summed E-state index contributed by atoms with van der Waals surface area (Å²) < 4.78 is 5.75. The minimum atomic E-state index is 0.241. The third kappa shape index (κ3) is 2.47. The molecule has 1 heterocycles. The van der Waals surface area contributed by atoms with E-state index in [4.69, 9.17) is 10.3 Å². The van der Waals surface area contributed by atoms with Crippen LogP contribution in [0, 0.1) is 32.6 Å². The molecule has 1 aromatic heterocycles. The summed E-state index contributed by atoms with van der Waals surface area (Å²) in [5, 5.41) is 0. The lowest BCUT2D eigenvalue weighted by Crippen LogP contribution is -2.36. The molecule has 0 aliphatic heterocycles. The van der Waals surface area contributed by atoms with Crippen molar-refractivity contribution in [2.75, 3.05) is 0 Å². The van der Waals surface area contributed by atoms with E-state index in [1.807, 2.05) is 13.8 Å². The van der Waals surface area contributed by atoms with Gasteiger partial charge in [-0.05, 0) is 51.0 Å². The fourth-order valence-electron chi connectivity index (χ4n) is 3.51. The molecule has 0 amide bonds. The van der Waals surface area contributed by atoms with Crippen molar-refractivity contribution in [2.24, 2.45) is 17.7 Å². The molecule has 1 fully saturated rings. The first-order valence-corrected chi connectivity index (χ1v) is 7.07. The van der Waals surface area contributed by atoms with Crippen molar-refractivity contribution in [1.29, 1.82) is 0 Å². The highest BCUT2D eigenvalue weighted by molar-refractivity contribution is 5.34. The van der Waals surface area contributed by atoms with Gasteiger partial charge in [0.25, 0.3) is 0 Å². The summed E-state index contributed by atoms with van der Waals surface area (Å²) in [7, 11) is 0. The fraction of sp³-hybridized carbons (Fsp3) is 0.733. The van der Waals surface area contributed by atoms with Crippen LogP contribution in [0.25, 0.3) is 0 Å². The SMILES string of the molecule is Cc1oc(C)c(C(NN)C2CCCC(C)C2)c1C. The number of nitrogens with one attached hydrogen (secondary N) is 1. The molecule has 1 aromatic rings. The standard InChI is InChI=1S/C15H26N2O/c1-9-6-5-7-13(8-9)15(17-16)14-10(2)11(3)18-12(14)4/h9,13,15,17H,5-8,16H2,1-4H3. The molecule has 102 valence electrons. The van der Waals surface area contributed by atoms with Gasteiger partial charge < -0.3 is 4.42 Å². The molecule has 3 atom stereocenters. The number of furan rings is 1. The summed E-state index contributed by atoms with van der Waals surface area (Å²) >= 11 is 0. The first-order chi connectivity index (χ1) is 8.54. The van der Waals surface area contributed by atoms with Crippen molar-refractivity contribution < 1.29 is 4.42 Å². The van der Waals surface area contributed by atoms with Crippen molar-refractivity contribution in [1.82, 2.24) is 5.43 Å². The van der Waals surface area contributed by atoms with Crippen LogP contribution in [0.2, 0.25) is 0 Å². The third-order valence-corrected chi connectivity index (χ3v) is 4.56. The van der Waals surface area contributed by atoms with Crippen molar-refractivity contribution >= 4 is 0 Å². The Hall–Kier alpha value is -0.800. The highest BCUT2D eigenvalue weighted by atomic mass is 16.3. The van der Waals surface area contributed by atoms with Crippen LogP contribution in [0.1, 0.15) is 61.3 Å². The molecule has 0 saturated heterocycles. The summed E-state index contributed by atoms with van der Waals surface area (Å²) in [6, 6.07) is 0.241. The van der Waals surface area contributed by atoms with Crippen molar-refractivity contribution in [3.05, 3.63) is 22.6 Å². The summed E-state index contributed by atoms with van der Waals surface area (Å²) in [5.74, 6) is 9.32. The van der Waals surface area contributed by atoms with Crippen LogP contribution >= 0.6 is 0 Å². The highest BCUT2D eigenvalue weighted by Gasteiger charge is 2.30. The number of aryl methyl sites for hydroxylation is 2. The lowest BCUT2D eigenvalue weighted by Gasteiger charge is -2.33. The van der Waals surface area contributed by atoms with E-state index in [0.29, 0.717) is 5.92 Å². The first-order valence-electron chi connectivity index (χ1n) is 7.07. The van der Waals surface area contributed by atoms with Crippen molar-refractivity contribution in [3.63, 3.8) is 0 Å². The molecule has 3 heteroatoms. The second-order valence-electron chi connectivity index (χ2n) is 5.93. The molecule has 0 bridgehead atoms. The van der Waals surface area contributed by atoms with E-state index in [9.17, 15) is 0 Å². The summed E-state index contributed by atoms with van der Waals surface area (Å²) in [4.78, 5) is 0. The second-order valence-corrected chi connectivity index (χ2v) is 5.93. The normalized spacial score (nSPS) is 26.3. The molecule has 1 aliphatic carbocycles. The molecule has 3 N–H and O–H groups in total. The molecule has 2 rings (SSSR count). The van der Waals surface area contributed by atoms with E-state index in [1.54, 1.807) is 0 Å². The maximum Gasteiger partial charge on any atom is 0.106 e. The highest BCUT2D eigenvalue weighted by Crippen LogP contribution is 2.39. The molecule has 1 aliphatic rings. The van der Waals surface area contributed by atoms with Crippen LogP contribution < -0.4 is 11.3 Å². The average Bonchev–Trinajstić information content (AvgIpc) is 2.57. The maximum absolute atomic E-state index is 5.84. The lowest BCUT2D eigenvalue weighted by atomic mass is 9.76. The Bertz CT molecular complexity index is 411. The Morgan fingerprint density at radius 2 is 1.94 bits per heavy atom. The Morgan fingerprint density at radius 1 is 1.22 bits per heavy atom. The van der Waals surface area contributed by atoms with Crippen molar-refractivity contribution in [2.45, 2.75) is 59.4 Å². The minimum absolute atomic E-state index is 0.241. The Labute approximate surface area is 110 Å². The van der Waals surface area contributed by atoms with Gasteiger partial charge >= 0.3 is 0 Å². The Morgan fingerprint density at radius 3 is 2.44 bits per heavy atom. The molecular weight excluding hydrogens is 224 g/mol. The van der Waals surface area contributed by atoms with Crippen LogP contribution in [0.5, 0.6) is 0 Å². The zero-order valence-electron chi connectivity index (χ0n) is 12.0. The molecular formula is C15H26N2O. The van der Waals surface area contributed by atoms with Crippen LogP contribution in [-0.2, 0) is 0 Å². The summed E-state index contributed by atoms with van der Waals surface area (Å²) in [5.41, 5.74) is 5.59. The summed E-state index contributed by atoms with van der Waals surface area (Å²) in [6.45, 7) is 8.56. The van der Waals surface area contributed by atoms with E-state index >= 15 is 0 Å². The van der Waals surface area contributed by atoms with Gasteiger partial charge in [-0.2, -0.15) is 0 Å². The van der Waals surface area contributed by atoms with Gasteiger partial charge in [-0.1, -0.05) is 19.8 Å². The smallest absolute Gasteiger partial charge is 0.106 e. The van der Waals surface area contributed by atoms with Crippen LogP contribution in [0.15, 0.2) is 4.42 Å². The molecule has 1 saturated carbocycles. The number of hydrogen-bond donors (Lipinski definition) is 2. The van der Waals surface area contributed by atoms with E-state index < -0.39 is 0 Å². The van der Waals surface area contributed by atoms with Gasteiger partial charge in [0, 0.05) is 5.56 Å². The minimum Gasteiger partial charge on any atom is -0.466 e. The lowest BCUT2D eigenvalue weighted by molar-refractivity contribution is 0.223. The predicted octanol–water partition coefficient (Wildman–Crippen LogP) is 3.54. The average molecular weight is 250 g/mol. The second kappa shape index (κ2) is 5.45. The van der Waals surface area contributed by atoms with Gasteiger partial charge in [-0.15, -0.1) is 0 Å². The van der Waals surface area contributed by atoms with Gasteiger partial charge in [0.1, 0.15) is 11.5 Å². The van der Waals surface area contributed by atoms with Crippen LogP contribution in [0.3, 0.4) is 0 Å². The van der Waals surface area contributed by atoms with E-state index in [1.165, 1.54) is 36.8 Å². The number of rotatable bonds is 3. The molecule has 0 radical (unpaired) electrons. The maximum atomic E-state index is 5.84. The van der Waals surface area contributed by atoms with Gasteiger partial charge in [-0.25, -0.2) is 0 Å². The number of nitrogens with two attached hydrogens (primary N) is 1. The van der Waals surface area contributed by atoms with Gasteiger partial charge in [0.15, 0.2) is 0 Å². The van der Waals surface area contributed by atoms with E-state index in [0.717, 1.165) is 17.4 Å². The van der Waals surface area contributed by atoms with E-state index in [2.05, 4.69) is 19.3 Å². The topological polar surface area (TPSA) is 51.2 Å². The van der Waals surface area contributed by atoms with Gasteiger partial charge in [-0.3, -0.25) is 11.3 Å². The third-order valence-electron chi connectivity index (χ3n) is 4.56.